The van der Waals surface area contributed by atoms with Crippen LogP contribution in [0.25, 0.3) is 0 Å². The van der Waals surface area contributed by atoms with Crippen LogP contribution >= 0.6 is 12.1 Å². The second-order valence-electron chi connectivity index (χ2n) is 4.15. The molecule has 0 aliphatic rings. The van der Waals surface area contributed by atoms with Gasteiger partial charge in [-0.05, 0) is 50.2 Å². The number of methoxy groups -OCH3 is 1. The van der Waals surface area contributed by atoms with Gasteiger partial charge in [0.05, 0.1) is 24.2 Å². The molecule has 0 amide bonds. The van der Waals surface area contributed by atoms with Gasteiger partial charge in [0.2, 0.25) is 0 Å². The molecule has 0 bridgehead atoms. The van der Waals surface area contributed by atoms with Crippen molar-refractivity contribution >= 4 is 12.1 Å². The van der Waals surface area contributed by atoms with Crippen molar-refractivity contribution in [3.63, 3.8) is 0 Å². The van der Waals surface area contributed by atoms with Crippen molar-refractivity contribution < 1.29 is 8.62 Å². The molecular weight excluding hydrogens is 237 g/mol. The molecule has 0 aromatic heterocycles. The minimum absolute atomic E-state index is 0.244. The Morgan fingerprint density at radius 2 is 2.12 bits per heavy atom. The van der Waals surface area contributed by atoms with Crippen LogP contribution in [0.1, 0.15) is 18.1 Å². The third-order valence-electron chi connectivity index (χ3n) is 3.01. The Labute approximate surface area is 107 Å². The van der Waals surface area contributed by atoms with E-state index in [-0.39, 0.29) is 12.1 Å². The van der Waals surface area contributed by atoms with Gasteiger partial charge in [-0.3, -0.25) is 0 Å². The van der Waals surface area contributed by atoms with Crippen LogP contribution in [-0.2, 0) is 6.42 Å². The van der Waals surface area contributed by atoms with Gasteiger partial charge in [0.15, 0.2) is 0 Å². The molecule has 0 aliphatic heterocycles. The summed E-state index contributed by atoms with van der Waals surface area (Å²) in [4.78, 5) is 2.80. The molecule has 0 N–H and O–H groups in total. The van der Waals surface area contributed by atoms with E-state index >= 15 is 0 Å². The Balaban J connectivity index is 2.85. The summed E-state index contributed by atoms with van der Waals surface area (Å²) in [5.74, 6) is 0.614. The van der Waals surface area contributed by atoms with Gasteiger partial charge in [0.25, 0.3) is 0 Å². The molecular formula is C13H20FNOS. The molecule has 96 valence electrons. The van der Waals surface area contributed by atoms with Crippen molar-refractivity contribution in [2.75, 3.05) is 27.2 Å². The maximum absolute atomic E-state index is 12.8. The van der Waals surface area contributed by atoms with Gasteiger partial charge in [-0.15, -0.1) is 0 Å². The van der Waals surface area contributed by atoms with E-state index in [2.05, 4.69) is 18.9 Å². The molecule has 1 aromatic carbocycles. The molecule has 0 aliphatic carbocycles. The Hall–Kier alpha value is -0.740. The van der Waals surface area contributed by atoms with Gasteiger partial charge in [0, 0.05) is 6.54 Å². The second-order valence-corrected chi connectivity index (χ2v) is 4.75. The Morgan fingerprint density at radius 3 is 2.65 bits per heavy atom. The molecule has 0 fully saturated rings. The minimum Gasteiger partial charge on any atom is -0.495 e. The lowest BCUT2D eigenvalue weighted by Gasteiger charge is -2.16. The highest BCUT2D eigenvalue weighted by molar-refractivity contribution is 7.94. The first-order valence-corrected chi connectivity index (χ1v) is 6.48. The number of hydrogen-bond acceptors (Lipinski definition) is 3. The van der Waals surface area contributed by atoms with E-state index in [1.165, 1.54) is 5.56 Å². The van der Waals surface area contributed by atoms with E-state index in [0.717, 1.165) is 25.1 Å². The number of benzene rings is 1. The maximum atomic E-state index is 12.8. The van der Waals surface area contributed by atoms with Gasteiger partial charge in [0.1, 0.15) is 5.75 Å². The third-order valence-corrected chi connectivity index (χ3v) is 3.49. The van der Waals surface area contributed by atoms with Gasteiger partial charge in [-0.1, -0.05) is 6.92 Å². The van der Waals surface area contributed by atoms with E-state index in [4.69, 9.17) is 4.74 Å². The summed E-state index contributed by atoms with van der Waals surface area (Å²) < 4.78 is 17.9. The average Bonchev–Trinajstić information content (AvgIpc) is 2.36. The zero-order valence-electron chi connectivity index (χ0n) is 10.9. The molecule has 4 heteroatoms. The van der Waals surface area contributed by atoms with E-state index < -0.39 is 0 Å². The van der Waals surface area contributed by atoms with Gasteiger partial charge < -0.3 is 9.64 Å². The van der Waals surface area contributed by atoms with Crippen LogP contribution in [0.15, 0.2) is 17.0 Å². The van der Waals surface area contributed by atoms with Crippen molar-refractivity contribution in [3.05, 3.63) is 23.3 Å². The normalized spacial score (nSPS) is 10.9. The topological polar surface area (TPSA) is 12.5 Å². The largest absolute Gasteiger partial charge is 0.495 e. The van der Waals surface area contributed by atoms with Crippen LogP contribution < -0.4 is 4.74 Å². The number of rotatable bonds is 6. The number of hydrogen-bond donors (Lipinski definition) is 0. The Bertz CT molecular complexity index is 371. The number of likely N-dealkylation sites (N-methyl/N-ethyl adjacent to an activating group) is 1. The van der Waals surface area contributed by atoms with E-state index in [1.807, 2.05) is 19.1 Å². The summed E-state index contributed by atoms with van der Waals surface area (Å²) in [6, 6.07) is 3.80. The molecule has 0 radical (unpaired) electrons. The van der Waals surface area contributed by atoms with Crippen molar-refractivity contribution in [2.24, 2.45) is 0 Å². The average molecular weight is 257 g/mol. The molecule has 2 nitrogen and oxygen atoms in total. The SMILES string of the molecule is CCN(C)CCc1cc(SF)c(OC)cc1C. The fourth-order valence-corrected chi connectivity index (χ4v) is 2.07. The van der Waals surface area contributed by atoms with Gasteiger partial charge in [-0.2, -0.15) is 3.89 Å². The van der Waals surface area contributed by atoms with Gasteiger partial charge in [-0.25, -0.2) is 0 Å². The zero-order valence-corrected chi connectivity index (χ0v) is 11.7. The van der Waals surface area contributed by atoms with Crippen molar-refractivity contribution in [3.8, 4) is 5.75 Å². The number of nitrogens with zero attached hydrogens (tertiary/aromatic N) is 1. The summed E-state index contributed by atoms with van der Waals surface area (Å²) in [5, 5.41) is 0. The smallest absolute Gasteiger partial charge is 0.135 e. The predicted molar refractivity (Wildman–Crippen MR) is 71.6 cm³/mol. The Kier molecular flexibility index (Phi) is 5.78. The highest BCUT2D eigenvalue weighted by atomic mass is 32.2. The molecule has 0 saturated heterocycles. The molecule has 0 heterocycles. The third kappa shape index (κ3) is 3.89. The maximum Gasteiger partial charge on any atom is 0.135 e. The standard InChI is InChI=1S/C13H20FNOS/c1-5-15(3)7-6-11-9-13(17-14)12(16-4)8-10(11)2/h8-9H,5-7H2,1-4H3. The van der Waals surface area contributed by atoms with Crippen LogP contribution in [0, 0.1) is 6.92 Å². The summed E-state index contributed by atoms with van der Waals surface area (Å²) in [6.45, 7) is 6.18. The number of aryl methyl sites for hydroxylation is 1. The molecule has 0 atom stereocenters. The predicted octanol–water partition coefficient (Wildman–Crippen LogP) is 3.47. The van der Waals surface area contributed by atoms with Crippen LogP contribution in [0.5, 0.6) is 5.75 Å². The fraction of sp³-hybridized carbons (Fsp3) is 0.538. The van der Waals surface area contributed by atoms with Gasteiger partial charge >= 0.3 is 0 Å². The van der Waals surface area contributed by atoms with Crippen molar-refractivity contribution in [1.29, 1.82) is 0 Å². The highest BCUT2D eigenvalue weighted by Crippen LogP contribution is 2.32. The first-order chi connectivity index (χ1) is 8.12. The number of halogens is 1. The van der Waals surface area contributed by atoms with Crippen LogP contribution in [-0.4, -0.2) is 32.1 Å². The lowest BCUT2D eigenvalue weighted by Crippen LogP contribution is -2.20. The summed E-state index contributed by atoms with van der Waals surface area (Å²) >= 11 is 0.244. The first-order valence-electron chi connectivity index (χ1n) is 5.77. The van der Waals surface area contributed by atoms with Crippen molar-refractivity contribution in [1.82, 2.24) is 4.90 Å². The lowest BCUT2D eigenvalue weighted by molar-refractivity contribution is 0.357. The summed E-state index contributed by atoms with van der Waals surface area (Å²) in [6.07, 6.45) is 0.938. The second kappa shape index (κ2) is 6.87. The van der Waals surface area contributed by atoms with Crippen LogP contribution in [0.2, 0.25) is 0 Å². The molecule has 0 unspecified atom stereocenters. The molecule has 1 aromatic rings. The van der Waals surface area contributed by atoms with E-state index in [9.17, 15) is 3.89 Å². The Morgan fingerprint density at radius 1 is 1.41 bits per heavy atom. The van der Waals surface area contributed by atoms with Crippen molar-refractivity contribution in [2.45, 2.75) is 25.2 Å². The monoisotopic (exact) mass is 257 g/mol. The quantitative estimate of drug-likeness (QED) is 0.774. The fourth-order valence-electron chi connectivity index (χ4n) is 1.66. The molecule has 17 heavy (non-hydrogen) atoms. The van der Waals surface area contributed by atoms with Crippen LogP contribution in [0.3, 0.4) is 0 Å². The highest BCUT2D eigenvalue weighted by Gasteiger charge is 2.09. The minimum atomic E-state index is 0.244. The summed E-state index contributed by atoms with van der Waals surface area (Å²) in [7, 11) is 3.66. The number of ether oxygens (including phenoxy) is 1. The van der Waals surface area contributed by atoms with E-state index in [0.29, 0.717) is 10.6 Å². The molecule has 0 spiro atoms. The zero-order chi connectivity index (χ0) is 12.8. The lowest BCUT2D eigenvalue weighted by atomic mass is 10.1. The van der Waals surface area contributed by atoms with Crippen LogP contribution in [0.4, 0.5) is 3.89 Å². The molecule has 1 rings (SSSR count). The van der Waals surface area contributed by atoms with E-state index in [1.54, 1.807) is 7.11 Å². The summed E-state index contributed by atoms with van der Waals surface area (Å²) in [5.41, 5.74) is 2.34. The first kappa shape index (κ1) is 14.3. The molecule has 0 saturated carbocycles.